The summed E-state index contributed by atoms with van der Waals surface area (Å²) in [5.41, 5.74) is 3.24. The first kappa shape index (κ1) is 28.2. The van der Waals surface area contributed by atoms with E-state index in [2.05, 4.69) is 10.3 Å². The summed E-state index contributed by atoms with van der Waals surface area (Å²) in [5.74, 6) is 0.504. The van der Waals surface area contributed by atoms with E-state index < -0.39 is 11.6 Å². The van der Waals surface area contributed by atoms with Crippen molar-refractivity contribution in [2.75, 3.05) is 0 Å². The molecule has 0 saturated heterocycles. The molecule has 0 radical (unpaired) electrons. The number of carbonyl (C=O) groups is 1. The van der Waals surface area contributed by atoms with Gasteiger partial charge in [0.2, 0.25) is 0 Å². The van der Waals surface area contributed by atoms with Gasteiger partial charge in [0.15, 0.2) is 22.9 Å². The lowest BCUT2D eigenvalue weighted by molar-refractivity contribution is -0.0549. The number of hydrogen-bond acceptors (Lipinski definition) is 6. The van der Waals surface area contributed by atoms with Gasteiger partial charge in [-0.15, -0.1) is 0 Å². The number of aryl methyl sites for hydroxylation is 1. The van der Waals surface area contributed by atoms with Gasteiger partial charge in [-0.3, -0.25) is 4.68 Å². The molecule has 0 spiro atoms. The summed E-state index contributed by atoms with van der Waals surface area (Å²) in [6, 6.07) is 16.5. The van der Waals surface area contributed by atoms with Crippen LogP contribution in [0.2, 0.25) is 15.1 Å². The third kappa shape index (κ3) is 4.96. The highest BCUT2D eigenvalue weighted by Crippen LogP contribution is 2.53. The second-order valence-electron chi connectivity index (χ2n) is 11.4. The minimum atomic E-state index is -1.07. The normalized spacial score (nSPS) is 19.9. The number of carboxylic acids is 1. The highest BCUT2D eigenvalue weighted by atomic mass is 35.5. The van der Waals surface area contributed by atoms with E-state index in [1.165, 1.54) is 0 Å². The number of carboxylic acid groups (broad SMARTS) is 1. The molecule has 2 saturated carbocycles. The zero-order valence-corrected chi connectivity index (χ0v) is 25.2. The highest BCUT2D eigenvalue weighted by molar-refractivity contribution is 6.39. The molecule has 2 fully saturated rings. The van der Waals surface area contributed by atoms with E-state index in [0.717, 1.165) is 29.5 Å². The molecule has 2 N–H and O–H groups in total. The van der Waals surface area contributed by atoms with Crippen LogP contribution in [0.1, 0.15) is 70.5 Å². The molecule has 2 aliphatic rings. The molecular formula is C32H26Cl3N3O5. The van der Waals surface area contributed by atoms with Gasteiger partial charge in [-0.2, -0.15) is 5.10 Å². The van der Waals surface area contributed by atoms with Crippen LogP contribution in [0.3, 0.4) is 0 Å². The van der Waals surface area contributed by atoms with Crippen LogP contribution < -0.4 is 4.74 Å². The minimum Gasteiger partial charge on any atom is -0.483 e. The Bertz CT molecular complexity index is 1890. The number of halogens is 3. The van der Waals surface area contributed by atoms with Crippen LogP contribution in [0.25, 0.3) is 22.2 Å². The predicted octanol–water partition coefficient (Wildman–Crippen LogP) is 8.11. The number of aliphatic hydroxyl groups is 1. The van der Waals surface area contributed by atoms with Crippen molar-refractivity contribution in [3.05, 3.63) is 97.8 Å². The Morgan fingerprint density at radius 1 is 1.05 bits per heavy atom. The van der Waals surface area contributed by atoms with Gasteiger partial charge in [-0.05, 0) is 67.0 Å². The topological polar surface area (TPSA) is 111 Å². The van der Waals surface area contributed by atoms with Crippen molar-refractivity contribution in [2.45, 2.75) is 49.7 Å². The average molecular weight is 639 g/mol. The smallest absolute Gasteiger partial charge is 0.357 e. The summed E-state index contributed by atoms with van der Waals surface area (Å²) < 4.78 is 13.5. The Morgan fingerprint density at radius 2 is 1.79 bits per heavy atom. The molecule has 220 valence electrons. The van der Waals surface area contributed by atoms with E-state index in [9.17, 15) is 15.0 Å². The molecule has 0 bridgehead atoms. The van der Waals surface area contributed by atoms with Crippen molar-refractivity contribution in [1.82, 2.24) is 14.9 Å². The monoisotopic (exact) mass is 637 g/mol. The zero-order chi connectivity index (χ0) is 30.0. The number of aromatic nitrogens is 3. The Balaban J connectivity index is 1.08. The fraction of sp³-hybridized carbons (Fsp3) is 0.281. The van der Waals surface area contributed by atoms with Gasteiger partial charge in [-0.1, -0.05) is 70.3 Å². The van der Waals surface area contributed by atoms with Crippen LogP contribution in [-0.4, -0.2) is 31.1 Å². The number of fused-ring (bicyclic) bond motifs is 1. The Kier molecular flexibility index (Phi) is 6.93. The number of hydrogen-bond donors (Lipinski definition) is 2. The second-order valence-corrected chi connectivity index (χ2v) is 12.6. The summed E-state index contributed by atoms with van der Waals surface area (Å²) in [6.45, 7) is 0.208. The first-order valence-corrected chi connectivity index (χ1v) is 15.0. The molecule has 0 unspecified atom stereocenters. The van der Waals surface area contributed by atoms with Crippen molar-refractivity contribution in [2.24, 2.45) is 7.05 Å². The summed E-state index contributed by atoms with van der Waals surface area (Å²) in [7, 11) is 1.73. The van der Waals surface area contributed by atoms with E-state index in [1.807, 2.05) is 30.3 Å². The van der Waals surface area contributed by atoms with Crippen LogP contribution in [0, 0.1) is 0 Å². The SMILES string of the molecule is Cn1nc(C(=O)O)c2ccc(C3CC(O)(c4ccc(COc5c(-c6c(Cl)cccc6Cl)noc5C5CC5)cc4Cl)C3)cc21. The van der Waals surface area contributed by atoms with Crippen LogP contribution in [0.5, 0.6) is 5.75 Å². The Labute approximate surface area is 261 Å². The number of ether oxygens (including phenoxy) is 1. The highest BCUT2D eigenvalue weighted by Gasteiger charge is 2.46. The van der Waals surface area contributed by atoms with Crippen LogP contribution in [0.4, 0.5) is 0 Å². The van der Waals surface area contributed by atoms with E-state index >= 15 is 0 Å². The average Bonchev–Trinajstić information content (AvgIpc) is 3.63. The van der Waals surface area contributed by atoms with Crippen molar-refractivity contribution < 1.29 is 24.3 Å². The summed E-state index contributed by atoms with van der Waals surface area (Å²) in [6.07, 6.45) is 2.98. The third-order valence-corrected chi connectivity index (χ3v) is 9.40. The van der Waals surface area contributed by atoms with Crippen LogP contribution in [0.15, 0.2) is 59.1 Å². The predicted molar refractivity (Wildman–Crippen MR) is 163 cm³/mol. The molecule has 2 aromatic heterocycles. The van der Waals surface area contributed by atoms with Gasteiger partial charge >= 0.3 is 5.97 Å². The van der Waals surface area contributed by atoms with Crippen molar-refractivity contribution in [3.63, 3.8) is 0 Å². The minimum absolute atomic E-state index is 0.0293. The zero-order valence-electron chi connectivity index (χ0n) is 23.0. The number of aromatic carboxylic acids is 1. The molecule has 11 heteroatoms. The molecule has 7 rings (SSSR count). The number of nitrogens with zero attached hydrogens (tertiary/aromatic N) is 3. The van der Waals surface area contributed by atoms with Gasteiger partial charge in [0.25, 0.3) is 0 Å². The van der Waals surface area contributed by atoms with Gasteiger partial charge in [0, 0.05) is 34.5 Å². The van der Waals surface area contributed by atoms with E-state index in [1.54, 1.807) is 36.0 Å². The molecule has 3 aromatic carbocycles. The lowest BCUT2D eigenvalue weighted by atomic mass is 9.65. The maximum Gasteiger partial charge on any atom is 0.357 e. The van der Waals surface area contributed by atoms with Crippen LogP contribution >= 0.6 is 34.8 Å². The van der Waals surface area contributed by atoms with E-state index in [0.29, 0.717) is 61.6 Å². The van der Waals surface area contributed by atoms with Gasteiger partial charge in [-0.25, -0.2) is 4.79 Å². The first-order valence-electron chi connectivity index (χ1n) is 13.9. The molecule has 8 nitrogen and oxygen atoms in total. The summed E-state index contributed by atoms with van der Waals surface area (Å²) in [4.78, 5) is 11.5. The van der Waals surface area contributed by atoms with Gasteiger partial charge in [0.05, 0.1) is 21.2 Å². The maximum atomic E-state index is 11.5. The standard InChI is InChI=1S/C32H26Cl3N3O5/c1-38-25-12-18(8-9-20(25)27(36-38)31(39)40)19-13-32(41,14-19)21-10-5-16(11-24(21)35)15-42-30-28(37-43-29(30)17-6-7-17)26-22(33)3-2-4-23(26)34/h2-5,8-12,17,19,41H,6-7,13-15H2,1H3,(H,39,40). The molecular weight excluding hydrogens is 613 g/mol. The fourth-order valence-electron chi connectivity index (χ4n) is 6.00. The molecule has 2 aliphatic carbocycles. The molecule has 2 heterocycles. The van der Waals surface area contributed by atoms with Gasteiger partial charge in [0.1, 0.15) is 6.61 Å². The Hall–Kier alpha value is -3.56. The first-order chi connectivity index (χ1) is 20.6. The fourth-order valence-corrected chi connectivity index (χ4v) is 6.96. The third-order valence-electron chi connectivity index (χ3n) is 8.46. The quantitative estimate of drug-likeness (QED) is 0.177. The number of benzene rings is 3. The Morgan fingerprint density at radius 3 is 2.47 bits per heavy atom. The maximum absolute atomic E-state index is 11.5. The molecule has 0 amide bonds. The molecule has 5 aromatic rings. The summed E-state index contributed by atoms with van der Waals surface area (Å²) in [5, 5.41) is 31.2. The lowest BCUT2D eigenvalue weighted by Crippen LogP contribution is -2.40. The molecule has 0 atom stereocenters. The van der Waals surface area contributed by atoms with Gasteiger partial charge < -0.3 is 19.5 Å². The summed E-state index contributed by atoms with van der Waals surface area (Å²) >= 11 is 19.7. The van der Waals surface area contributed by atoms with Crippen molar-refractivity contribution in [3.8, 4) is 17.0 Å². The second kappa shape index (κ2) is 10.6. The van der Waals surface area contributed by atoms with Crippen LogP contribution in [-0.2, 0) is 19.3 Å². The number of rotatable bonds is 8. The van der Waals surface area contributed by atoms with E-state index in [4.69, 9.17) is 44.1 Å². The van der Waals surface area contributed by atoms with E-state index in [-0.39, 0.29) is 24.1 Å². The lowest BCUT2D eigenvalue weighted by Gasteiger charge is -2.44. The molecule has 43 heavy (non-hydrogen) atoms. The molecule has 0 aliphatic heterocycles. The largest absolute Gasteiger partial charge is 0.483 e. The van der Waals surface area contributed by atoms with Crippen molar-refractivity contribution >= 4 is 51.7 Å². The van der Waals surface area contributed by atoms with Crippen molar-refractivity contribution in [1.29, 1.82) is 0 Å².